The maximum absolute atomic E-state index is 12.3. The van der Waals surface area contributed by atoms with Gasteiger partial charge in [-0.05, 0) is 19.3 Å². The number of amides is 4. The van der Waals surface area contributed by atoms with E-state index in [1.807, 2.05) is 0 Å². The average Bonchev–Trinajstić information content (AvgIpc) is 2.70. The molecule has 33 heavy (non-hydrogen) atoms. The summed E-state index contributed by atoms with van der Waals surface area (Å²) in [4.78, 5) is 73.1. The van der Waals surface area contributed by atoms with E-state index in [1.165, 1.54) is 0 Å². The first-order valence-electron chi connectivity index (χ1n) is 9.74. The summed E-state index contributed by atoms with van der Waals surface area (Å²) in [5, 5.41) is 24.6. The van der Waals surface area contributed by atoms with Gasteiger partial charge in [0.25, 0.3) is 0 Å². The topological polar surface area (TPSA) is 295 Å². The lowest BCUT2D eigenvalue weighted by molar-refractivity contribution is -0.142. The second-order valence-corrected chi connectivity index (χ2v) is 6.90. The van der Waals surface area contributed by atoms with Gasteiger partial charge in [0.1, 0.15) is 12.1 Å². The molecule has 16 nitrogen and oxygen atoms in total. The van der Waals surface area contributed by atoms with Crippen molar-refractivity contribution in [2.75, 3.05) is 13.1 Å². The number of nitrogens with two attached hydrogens (primary N) is 4. The van der Waals surface area contributed by atoms with Crippen molar-refractivity contribution < 1.29 is 39.0 Å². The van der Waals surface area contributed by atoms with E-state index in [0.29, 0.717) is 0 Å². The molecule has 0 radical (unpaired) electrons. The third-order valence-corrected chi connectivity index (χ3v) is 4.05. The van der Waals surface area contributed by atoms with Crippen molar-refractivity contribution in [2.24, 2.45) is 27.9 Å². The molecule has 0 aromatic carbocycles. The largest absolute Gasteiger partial charge is 0.481 e. The minimum atomic E-state index is -1.57. The molecular formula is C17H30N8O8. The van der Waals surface area contributed by atoms with Crippen LogP contribution in [-0.4, -0.2) is 83.0 Å². The fourth-order valence-electron chi connectivity index (χ4n) is 2.39. The van der Waals surface area contributed by atoms with E-state index in [-0.39, 0.29) is 38.2 Å². The van der Waals surface area contributed by atoms with Gasteiger partial charge < -0.3 is 49.1 Å². The summed E-state index contributed by atoms with van der Waals surface area (Å²) >= 11 is 0. The Bertz CT molecular complexity index is 768. The summed E-state index contributed by atoms with van der Waals surface area (Å²) in [6.45, 7) is -0.535. The Kier molecular flexibility index (Phi) is 13.2. The van der Waals surface area contributed by atoms with Crippen molar-refractivity contribution in [2.45, 2.75) is 50.2 Å². The molecule has 0 rings (SSSR count). The molecule has 16 heteroatoms. The molecule has 13 N–H and O–H groups in total. The molecule has 0 aromatic rings. The first kappa shape index (κ1) is 29.1. The Labute approximate surface area is 188 Å². The first-order valence-corrected chi connectivity index (χ1v) is 9.74. The van der Waals surface area contributed by atoms with E-state index in [1.54, 1.807) is 0 Å². The molecule has 0 aliphatic heterocycles. The Morgan fingerprint density at radius 2 is 1.52 bits per heavy atom. The molecule has 3 atom stereocenters. The molecule has 0 aliphatic carbocycles. The Balaban J connectivity index is 4.82. The number of hydrogen-bond acceptors (Lipinski definition) is 8. The second kappa shape index (κ2) is 15.0. The number of primary amides is 1. The van der Waals surface area contributed by atoms with Crippen molar-refractivity contribution in [3.63, 3.8) is 0 Å². The van der Waals surface area contributed by atoms with Crippen molar-refractivity contribution in [3.8, 4) is 0 Å². The van der Waals surface area contributed by atoms with Gasteiger partial charge in [0.15, 0.2) is 5.96 Å². The lowest BCUT2D eigenvalue weighted by atomic mass is 10.1. The van der Waals surface area contributed by atoms with Gasteiger partial charge in [-0.25, -0.2) is 4.79 Å². The number of carboxylic acids is 2. The molecule has 4 amide bonds. The van der Waals surface area contributed by atoms with Crippen LogP contribution in [0.15, 0.2) is 4.99 Å². The fraction of sp³-hybridized carbons (Fsp3) is 0.588. The van der Waals surface area contributed by atoms with Crippen molar-refractivity contribution in [1.29, 1.82) is 0 Å². The van der Waals surface area contributed by atoms with Crippen LogP contribution in [-0.2, 0) is 28.8 Å². The van der Waals surface area contributed by atoms with Crippen LogP contribution in [0.1, 0.15) is 32.1 Å². The van der Waals surface area contributed by atoms with Gasteiger partial charge in [-0.2, -0.15) is 0 Å². The van der Waals surface area contributed by atoms with E-state index in [0.717, 1.165) is 0 Å². The molecule has 0 bridgehead atoms. The summed E-state index contributed by atoms with van der Waals surface area (Å²) in [5.74, 6) is -6.37. The van der Waals surface area contributed by atoms with E-state index >= 15 is 0 Å². The average molecular weight is 474 g/mol. The van der Waals surface area contributed by atoms with Crippen molar-refractivity contribution in [1.82, 2.24) is 16.0 Å². The number of carboxylic acid groups (broad SMARTS) is 2. The van der Waals surface area contributed by atoms with Crippen LogP contribution in [0.3, 0.4) is 0 Å². The fourth-order valence-corrected chi connectivity index (χ4v) is 2.39. The van der Waals surface area contributed by atoms with Gasteiger partial charge in [-0.3, -0.25) is 29.0 Å². The highest BCUT2D eigenvalue weighted by Gasteiger charge is 2.27. The van der Waals surface area contributed by atoms with E-state index in [9.17, 15) is 33.9 Å². The molecular weight excluding hydrogens is 444 g/mol. The van der Waals surface area contributed by atoms with Gasteiger partial charge in [0.2, 0.25) is 23.6 Å². The number of carbonyl (C=O) groups excluding carboxylic acids is 4. The van der Waals surface area contributed by atoms with Gasteiger partial charge in [0, 0.05) is 13.0 Å². The normalized spacial score (nSPS) is 13.0. The molecule has 0 fully saturated rings. The second-order valence-electron chi connectivity index (χ2n) is 6.90. The number of rotatable bonds is 16. The highest BCUT2D eigenvalue weighted by atomic mass is 16.4. The quantitative estimate of drug-likeness (QED) is 0.0581. The van der Waals surface area contributed by atoms with E-state index in [4.69, 9.17) is 28.0 Å². The zero-order valence-electron chi connectivity index (χ0n) is 17.8. The van der Waals surface area contributed by atoms with Crippen LogP contribution in [0, 0.1) is 0 Å². The van der Waals surface area contributed by atoms with Gasteiger partial charge in [-0.1, -0.05) is 0 Å². The summed E-state index contributed by atoms with van der Waals surface area (Å²) < 4.78 is 0. The highest BCUT2D eigenvalue weighted by molar-refractivity contribution is 5.94. The van der Waals surface area contributed by atoms with Crippen molar-refractivity contribution in [3.05, 3.63) is 0 Å². The predicted octanol–water partition coefficient (Wildman–Crippen LogP) is -4.72. The smallest absolute Gasteiger partial charge is 0.326 e. The molecule has 0 aromatic heterocycles. The van der Waals surface area contributed by atoms with Crippen LogP contribution in [0.4, 0.5) is 0 Å². The maximum Gasteiger partial charge on any atom is 0.326 e. The molecule has 0 saturated carbocycles. The third kappa shape index (κ3) is 13.9. The van der Waals surface area contributed by atoms with Crippen LogP contribution in [0.5, 0.6) is 0 Å². The maximum atomic E-state index is 12.3. The van der Waals surface area contributed by atoms with Crippen LogP contribution in [0.25, 0.3) is 0 Å². The van der Waals surface area contributed by atoms with Crippen LogP contribution in [0.2, 0.25) is 0 Å². The van der Waals surface area contributed by atoms with Gasteiger partial charge in [0.05, 0.1) is 19.0 Å². The molecule has 3 unspecified atom stereocenters. The number of nitrogens with one attached hydrogen (secondary N) is 3. The number of hydrogen-bond donors (Lipinski definition) is 9. The van der Waals surface area contributed by atoms with Crippen LogP contribution >= 0.6 is 0 Å². The Hall–Kier alpha value is -3.95. The first-order chi connectivity index (χ1) is 15.3. The van der Waals surface area contributed by atoms with Gasteiger partial charge in [-0.15, -0.1) is 0 Å². The van der Waals surface area contributed by atoms with Gasteiger partial charge >= 0.3 is 11.9 Å². The number of aliphatic imine (C=N–C) groups is 1. The minimum absolute atomic E-state index is 0.00663. The standard InChI is InChI=1S/C17H30N8O8/c18-8(3-4-11(19)26)14(30)25-10(6-13(28)29)15(31)23-7-12(27)24-9(16(32)33)2-1-5-22-17(20)21/h8-10H,1-7,18H2,(H2,19,26)(H,23,31)(H,24,27)(H,25,30)(H,28,29)(H,32,33)(H4,20,21,22). The number of guanidine groups is 1. The monoisotopic (exact) mass is 474 g/mol. The molecule has 0 aliphatic rings. The highest BCUT2D eigenvalue weighted by Crippen LogP contribution is 2.00. The summed E-state index contributed by atoms with van der Waals surface area (Å²) in [5.41, 5.74) is 20.9. The lowest BCUT2D eigenvalue weighted by Crippen LogP contribution is -2.54. The number of aliphatic carboxylic acids is 2. The zero-order valence-corrected chi connectivity index (χ0v) is 17.8. The molecule has 0 spiro atoms. The molecule has 186 valence electrons. The lowest BCUT2D eigenvalue weighted by Gasteiger charge is -2.19. The van der Waals surface area contributed by atoms with Crippen LogP contribution < -0.4 is 38.9 Å². The van der Waals surface area contributed by atoms with E-state index in [2.05, 4.69) is 20.9 Å². The molecule has 0 saturated heterocycles. The third-order valence-electron chi connectivity index (χ3n) is 4.05. The zero-order chi connectivity index (χ0) is 25.6. The molecule has 0 heterocycles. The summed E-state index contributed by atoms with van der Waals surface area (Å²) in [6, 6.07) is -4.07. The number of carbonyl (C=O) groups is 6. The Morgan fingerprint density at radius 3 is 2.03 bits per heavy atom. The SMILES string of the molecule is NC(=O)CCC(N)C(=O)NC(CC(=O)O)C(=O)NCC(=O)NC(CCCN=C(N)N)C(=O)O. The minimum Gasteiger partial charge on any atom is -0.481 e. The van der Waals surface area contributed by atoms with E-state index < -0.39 is 66.7 Å². The summed E-state index contributed by atoms with van der Waals surface area (Å²) in [6.07, 6.45) is -0.868. The van der Waals surface area contributed by atoms with Crippen molar-refractivity contribution >= 4 is 41.5 Å². The Morgan fingerprint density at radius 1 is 0.879 bits per heavy atom. The summed E-state index contributed by atoms with van der Waals surface area (Å²) in [7, 11) is 0. The predicted molar refractivity (Wildman–Crippen MR) is 113 cm³/mol. The number of nitrogens with zero attached hydrogens (tertiary/aromatic N) is 1.